The fourth-order valence-corrected chi connectivity index (χ4v) is 2.99. The summed E-state index contributed by atoms with van der Waals surface area (Å²) in [6.45, 7) is 0. The number of fused-ring (bicyclic) bond motifs is 2. The van der Waals surface area contributed by atoms with E-state index in [4.69, 9.17) is 4.74 Å². The van der Waals surface area contributed by atoms with Crippen LogP contribution < -0.4 is 10.1 Å². The van der Waals surface area contributed by atoms with Crippen molar-refractivity contribution in [1.29, 1.82) is 0 Å². The first-order chi connectivity index (χ1) is 11.7. The summed E-state index contributed by atoms with van der Waals surface area (Å²) in [6, 6.07) is 18.6. The molecular weight excluding hydrogens is 302 g/mol. The molecule has 0 bridgehead atoms. The Bertz CT molecular complexity index is 957. The van der Waals surface area contributed by atoms with Gasteiger partial charge in [0.15, 0.2) is 0 Å². The van der Waals surface area contributed by atoms with E-state index >= 15 is 0 Å². The van der Waals surface area contributed by atoms with Crippen LogP contribution in [0.15, 0.2) is 60.7 Å². The summed E-state index contributed by atoms with van der Waals surface area (Å²) in [5, 5.41) is 4.69. The maximum atomic E-state index is 12.6. The maximum Gasteiger partial charge on any atom is 0.344 e. The predicted octanol–water partition coefficient (Wildman–Crippen LogP) is 3.94. The van der Waals surface area contributed by atoms with Crippen molar-refractivity contribution in [2.24, 2.45) is 0 Å². The summed E-state index contributed by atoms with van der Waals surface area (Å²) in [6.07, 6.45) is 1.11. The molecule has 4 heteroatoms. The molecule has 4 rings (SSSR count). The van der Waals surface area contributed by atoms with Crippen LogP contribution in [0.5, 0.6) is 5.75 Å². The number of hydrogen-bond donors (Lipinski definition) is 1. The zero-order valence-electron chi connectivity index (χ0n) is 12.9. The van der Waals surface area contributed by atoms with Gasteiger partial charge in [-0.2, -0.15) is 0 Å². The first-order valence-corrected chi connectivity index (χ1v) is 7.83. The summed E-state index contributed by atoms with van der Waals surface area (Å²) >= 11 is 0. The van der Waals surface area contributed by atoms with Gasteiger partial charge >= 0.3 is 5.97 Å². The van der Waals surface area contributed by atoms with Crippen LogP contribution in [-0.4, -0.2) is 11.9 Å². The lowest BCUT2D eigenvalue weighted by Crippen LogP contribution is -2.19. The van der Waals surface area contributed by atoms with Gasteiger partial charge in [-0.05, 0) is 47.0 Å². The van der Waals surface area contributed by atoms with Crippen LogP contribution in [0.4, 0.5) is 5.69 Å². The van der Waals surface area contributed by atoms with E-state index in [1.807, 2.05) is 42.5 Å². The first kappa shape index (κ1) is 14.5. The minimum absolute atomic E-state index is 0.0167. The SMILES string of the molecule is O=C1CCc2cc(OC(=O)c3cccc4ccccc34)ccc2N1. The van der Waals surface area contributed by atoms with Crippen LogP contribution in [-0.2, 0) is 11.2 Å². The first-order valence-electron chi connectivity index (χ1n) is 7.83. The van der Waals surface area contributed by atoms with Gasteiger partial charge in [0.05, 0.1) is 5.56 Å². The Kier molecular flexibility index (Phi) is 3.50. The Hall–Kier alpha value is -3.14. The van der Waals surface area contributed by atoms with Gasteiger partial charge in [0.2, 0.25) is 5.91 Å². The topological polar surface area (TPSA) is 55.4 Å². The molecule has 1 N–H and O–H groups in total. The minimum atomic E-state index is -0.383. The molecule has 1 heterocycles. The number of carbonyl (C=O) groups excluding carboxylic acids is 2. The Labute approximate surface area is 139 Å². The highest BCUT2D eigenvalue weighted by molar-refractivity contribution is 6.05. The number of hydrogen-bond acceptors (Lipinski definition) is 3. The fourth-order valence-electron chi connectivity index (χ4n) is 2.99. The molecule has 0 saturated carbocycles. The molecule has 0 aromatic heterocycles. The molecule has 3 aromatic carbocycles. The molecule has 0 spiro atoms. The summed E-state index contributed by atoms with van der Waals surface area (Å²) in [5.41, 5.74) is 2.31. The van der Waals surface area contributed by atoms with Gasteiger partial charge < -0.3 is 10.1 Å². The standard InChI is InChI=1S/C20H15NO3/c22-19-11-8-14-12-15(9-10-18(14)21-19)24-20(23)17-7-3-5-13-4-1-2-6-16(13)17/h1-7,9-10,12H,8,11H2,(H,21,22). The number of aryl methyl sites for hydroxylation is 1. The highest BCUT2D eigenvalue weighted by Crippen LogP contribution is 2.28. The minimum Gasteiger partial charge on any atom is -0.423 e. The average Bonchev–Trinajstić information content (AvgIpc) is 2.61. The number of carbonyl (C=O) groups is 2. The smallest absolute Gasteiger partial charge is 0.344 e. The second-order valence-corrected chi connectivity index (χ2v) is 5.78. The third-order valence-corrected chi connectivity index (χ3v) is 4.19. The van der Waals surface area contributed by atoms with Gasteiger partial charge in [-0.25, -0.2) is 4.79 Å². The number of esters is 1. The van der Waals surface area contributed by atoms with Crippen LogP contribution in [0.3, 0.4) is 0 Å². The monoisotopic (exact) mass is 317 g/mol. The predicted molar refractivity (Wildman–Crippen MR) is 92.3 cm³/mol. The molecule has 0 atom stereocenters. The van der Waals surface area contributed by atoms with Gasteiger partial charge in [-0.1, -0.05) is 36.4 Å². The van der Waals surface area contributed by atoms with Crippen molar-refractivity contribution >= 4 is 28.3 Å². The number of benzene rings is 3. The van der Waals surface area contributed by atoms with E-state index in [0.717, 1.165) is 22.0 Å². The normalized spacial score (nSPS) is 13.2. The number of ether oxygens (including phenoxy) is 1. The van der Waals surface area contributed by atoms with Gasteiger partial charge in [0.25, 0.3) is 0 Å². The summed E-state index contributed by atoms with van der Waals surface area (Å²) < 4.78 is 5.55. The van der Waals surface area contributed by atoms with Crippen molar-refractivity contribution in [1.82, 2.24) is 0 Å². The third-order valence-electron chi connectivity index (χ3n) is 4.19. The summed E-state index contributed by atoms with van der Waals surface area (Å²) in [4.78, 5) is 24.0. The average molecular weight is 317 g/mol. The summed E-state index contributed by atoms with van der Waals surface area (Å²) in [7, 11) is 0. The van der Waals surface area contributed by atoms with Crippen LogP contribution in [0.25, 0.3) is 10.8 Å². The quantitative estimate of drug-likeness (QED) is 0.575. The molecular formula is C20H15NO3. The van der Waals surface area contributed by atoms with E-state index in [1.165, 1.54) is 0 Å². The number of rotatable bonds is 2. The molecule has 0 aliphatic carbocycles. The highest BCUT2D eigenvalue weighted by Gasteiger charge is 2.17. The van der Waals surface area contributed by atoms with Crippen LogP contribution in [0.2, 0.25) is 0 Å². The molecule has 0 radical (unpaired) electrons. The van der Waals surface area contributed by atoms with E-state index in [9.17, 15) is 9.59 Å². The van der Waals surface area contributed by atoms with Crippen molar-refractivity contribution in [2.75, 3.05) is 5.32 Å². The van der Waals surface area contributed by atoms with Crippen molar-refractivity contribution < 1.29 is 14.3 Å². The molecule has 0 unspecified atom stereocenters. The highest BCUT2D eigenvalue weighted by atomic mass is 16.5. The Balaban J connectivity index is 1.63. The second kappa shape index (κ2) is 5.81. The van der Waals surface area contributed by atoms with Crippen molar-refractivity contribution in [3.8, 4) is 5.75 Å². The van der Waals surface area contributed by atoms with E-state index in [-0.39, 0.29) is 11.9 Å². The Morgan fingerprint density at radius 1 is 0.958 bits per heavy atom. The van der Waals surface area contributed by atoms with Crippen molar-refractivity contribution in [3.05, 3.63) is 71.8 Å². The van der Waals surface area contributed by atoms with E-state index in [0.29, 0.717) is 24.2 Å². The fraction of sp³-hybridized carbons (Fsp3) is 0.100. The second-order valence-electron chi connectivity index (χ2n) is 5.78. The molecule has 4 nitrogen and oxygen atoms in total. The molecule has 1 amide bonds. The van der Waals surface area contributed by atoms with Gasteiger partial charge in [0, 0.05) is 12.1 Å². The lowest BCUT2D eigenvalue weighted by Gasteiger charge is -2.17. The maximum absolute atomic E-state index is 12.6. The van der Waals surface area contributed by atoms with Gasteiger partial charge in [-0.3, -0.25) is 4.79 Å². The van der Waals surface area contributed by atoms with E-state index < -0.39 is 0 Å². The molecule has 118 valence electrons. The molecule has 1 aliphatic heterocycles. The van der Waals surface area contributed by atoms with Gasteiger partial charge in [-0.15, -0.1) is 0 Å². The number of nitrogens with one attached hydrogen (secondary N) is 1. The van der Waals surface area contributed by atoms with Crippen molar-refractivity contribution in [3.63, 3.8) is 0 Å². The van der Waals surface area contributed by atoms with Crippen molar-refractivity contribution in [2.45, 2.75) is 12.8 Å². The van der Waals surface area contributed by atoms with Crippen LogP contribution in [0, 0.1) is 0 Å². The zero-order valence-corrected chi connectivity index (χ0v) is 12.9. The van der Waals surface area contributed by atoms with Crippen LogP contribution >= 0.6 is 0 Å². The number of amides is 1. The van der Waals surface area contributed by atoms with Gasteiger partial charge in [0.1, 0.15) is 5.75 Å². The lowest BCUT2D eigenvalue weighted by atomic mass is 10.0. The summed E-state index contributed by atoms with van der Waals surface area (Å²) in [5.74, 6) is 0.123. The largest absolute Gasteiger partial charge is 0.423 e. The van der Waals surface area contributed by atoms with E-state index in [1.54, 1.807) is 18.2 Å². The molecule has 24 heavy (non-hydrogen) atoms. The Morgan fingerprint density at radius 3 is 2.71 bits per heavy atom. The third kappa shape index (κ3) is 2.63. The molecule has 0 fully saturated rings. The Morgan fingerprint density at radius 2 is 1.79 bits per heavy atom. The lowest BCUT2D eigenvalue weighted by molar-refractivity contribution is -0.116. The molecule has 0 saturated heterocycles. The van der Waals surface area contributed by atoms with Crippen LogP contribution in [0.1, 0.15) is 22.3 Å². The molecule has 1 aliphatic rings. The number of anilines is 1. The van der Waals surface area contributed by atoms with E-state index in [2.05, 4.69) is 5.32 Å². The molecule has 3 aromatic rings. The zero-order chi connectivity index (χ0) is 16.5.